The summed E-state index contributed by atoms with van der Waals surface area (Å²) in [5, 5.41) is 8.46. The maximum absolute atomic E-state index is 11.7. The third-order valence-electron chi connectivity index (χ3n) is 1.92. The first-order chi connectivity index (χ1) is 8.79. The molecule has 0 radical (unpaired) electrons. The molecule has 106 valence electrons. The highest BCUT2D eigenvalue weighted by molar-refractivity contribution is 7.86. The Balaban J connectivity index is 3.13. The van der Waals surface area contributed by atoms with Gasteiger partial charge in [-0.3, -0.25) is 14.3 Å². The van der Waals surface area contributed by atoms with Crippen LogP contribution in [0.4, 0.5) is 5.69 Å². The number of unbranched alkanes of at least 4 members (excludes halogenated alkanes) is 1. The molecule has 1 aromatic rings. The lowest BCUT2D eigenvalue weighted by Gasteiger charge is -2.04. The number of nitro groups is 1. The summed E-state index contributed by atoms with van der Waals surface area (Å²) in [5.41, 5.74) is -0.754. The van der Waals surface area contributed by atoms with Gasteiger partial charge in [-0.05, 0) is 6.42 Å². The van der Waals surface area contributed by atoms with Crippen molar-refractivity contribution in [3.63, 3.8) is 0 Å². The quantitative estimate of drug-likeness (QED) is 0.196. The number of halogens is 2. The molecule has 0 aliphatic heterocycles. The predicted molar refractivity (Wildman–Crippen MR) is 66.8 cm³/mol. The molecule has 1 heterocycles. The van der Waals surface area contributed by atoms with Crippen LogP contribution >= 0.6 is 23.2 Å². The van der Waals surface area contributed by atoms with Gasteiger partial charge in [0, 0.05) is 0 Å². The molecule has 19 heavy (non-hydrogen) atoms. The Morgan fingerprint density at radius 3 is 2.26 bits per heavy atom. The van der Waals surface area contributed by atoms with E-state index >= 15 is 0 Å². The molecule has 0 saturated heterocycles. The number of aromatic nitrogens is 2. The largest absolute Gasteiger partial charge is 0.343 e. The van der Waals surface area contributed by atoms with Crippen molar-refractivity contribution in [1.29, 1.82) is 0 Å². The van der Waals surface area contributed by atoms with Crippen molar-refractivity contribution in [2.75, 3.05) is 6.61 Å². The van der Waals surface area contributed by atoms with Crippen molar-refractivity contribution in [2.45, 2.75) is 24.9 Å². The summed E-state index contributed by atoms with van der Waals surface area (Å²) < 4.78 is 27.9. The van der Waals surface area contributed by atoms with Crippen LogP contribution in [0.2, 0.25) is 10.3 Å². The molecule has 0 aliphatic carbocycles. The third kappa shape index (κ3) is 3.96. The first-order valence-corrected chi connectivity index (χ1v) is 7.23. The molecular weight excluding hydrogens is 321 g/mol. The molecule has 0 fully saturated rings. The lowest BCUT2D eigenvalue weighted by molar-refractivity contribution is -0.385. The van der Waals surface area contributed by atoms with Crippen LogP contribution in [0.1, 0.15) is 19.8 Å². The van der Waals surface area contributed by atoms with Gasteiger partial charge in [-0.25, -0.2) is 0 Å². The van der Waals surface area contributed by atoms with Crippen LogP contribution in [0.3, 0.4) is 0 Å². The van der Waals surface area contributed by atoms with Crippen molar-refractivity contribution in [3.05, 3.63) is 20.4 Å². The average molecular weight is 330 g/mol. The van der Waals surface area contributed by atoms with E-state index in [0.717, 1.165) is 6.42 Å². The molecule has 8 nitrogen and oxygen atoms in total. The summed E-state index contributed by atoms with van der Waals surface area (Å²) in [6.07, 6.45) is 1.26. The molecule has 0 N–H and O–H groups in total. The van der Waals surface area contributed by atoms with E-state index in [1.807, 2.05) is 6.92 Å². The van der Waals surface area contributed by atoms with Gasteiger partial charge >= 0.3 is 15.8 Å². The predicted octanol–water partition coefficient (Wildman–Crippen LogP) is 2.20. The van der Waals surface area contributed by atoms with Crippen molar-refractivity contribution in [3.8, 4) is 0 Å². The molecule has 0 aromatic carbocycles. The van der Waals surface area contributed by atoms with E-state index in [9.17, 15) is 18.5 Å². The summed E-state index contributed by atoms with van der Waals surface area (Å²) in [6.45, 7) is 1.81. The third-order valence-corrected chi connectivity index (χ3v) is 3.55. The summed E-state index contributed by atoms with van der Waals surface area (Å²) in [4.78, 5) is 16.3. The van der Waals surface area contributed by atoms with Gasteiger partial charge < -0.3 is 0 Å². The maximum Gasteiger partial charge on any atom is 0.343 e. The minimum Gasteiger partial charge on any atom is -0.264 e. The molecule has 1 rings (SSSR count). The van der Waals surface area contributed by atoms with Crippen molar-refractivity contribution in [2.24, 2.45) is 0 Å². The van der Waals surface area contributed by atoms with Gasteiger partial charge in [0.05, 0.1) is 11.5 Å². The topological polar surface area (TPSA) is 112 Å². The van der Waals surface area contributed by atoms with Gasteiger partial charge in [-0.1, -0.05) is 36.5 Å². The average Bonchev–Trinajstić information content (AvgIpc) is 2.27. The summed E-state index contributed by atoms with van der Waals surface area (Å²) >= 11 is 11.0. The number of rotatable bonds is 6. The molecule has 0 unspecified atom stereocenters. The summed E-state index contributed by atoms with van der Waals surface area (Å²) in [7, 11) is -4.23. The maximum atomic E-state index is 11.7. The fraction of sp³-hybridized carbons (Fsp3) is 0.500. The first kappa shape index (κ1) is 16.0. The number of nitrogens with zero attached hydrogens (tertiary/aromatic N) is 3. The summed E-state index contributed by atoms with van der Waals surface area (Å²) in [5.74, 6) is 0. The van der Waals surface area contributed by atoms with E-state index in [2.05, 4.69) is 14.2 Å². The minimum absolute atomic E-state index is 0.0472. The van der Waals surface area contributed by atoms with Crippen LogP contribution in [0.5, 0.6) is 0 Å². The van der Waals surface area contributed by atoms with E-state index in [4.69, 9.17) is 23.2 Å². The van der Waals surface area contributed by atoms with Gasteiger partial charge in [0.1, 0.15) is 0 Å². The Labute approximate surface area is 119 Å². The Bertz CT molecular complexity index is 569. The number of hydrogen-bond donors (Lipinski definition) is 0. The van der Waals surface area contributed by atoms with E-state index < -0.39 is 36.2 Å². The highest BCUT2D eigenvalue weighted by Gasteiger charge is 2.28. The molecule has 0 spiro atoms. The van der Waals surface area contributed by atoms with E-state index in [1.54, 1.807) is 0 Å². The van der Waals surface area contributed by atoms with E-state index in [1.165, 1.54) is 0 Å². The molecule has 1 aromatic heterocycles. The molecule has 0 amide bonds. The standard InChI is InChI=1S/C8H9Cl2N3O5S/c1-2-3-4-18-19(16,17)8-11-6(9)5(13(14)15)7(10)12-8/h2-4H2,1H3. The van der Waals surface area contributed by atoms with E-state index in [0.29, 0.717) is 6.42 Å². The van der Waals surface area contributed by atoms with Gasteiger partial charge in [0.15, 0.2) is 0 Å². The Morgan fingerprint density at radius 2 is 1.84 bits per heavy atom. The monoisotopic (exact) mass is 329 g/mol. The Hall–Kier alpha value is -1.03. The zero-order valence-electron chi connectivity index (χ0n) is 9.67. The lowest BCUT2D eigenvalue weighted by Crippen LogP contribution is -2.12. The molecule has 0 bridgehead atoms. The number of hydrogen-bond acceptors (Lipinski definition) is 7. The molecule has 0 saturated carbocycles. The van der Waals surface area contributed by atoms with E-state index in [-0.39, 0.29) is 6.61 Å². The molecular formula is C8H9Cl2N3O5S. The fourth-order valence-corrected chi connectivity index (χ4v) is 2.49. The first-order valence-electron chi connectivity index (χ1n) is 5.06. The van der Waals surface area contributed by atoms with Crippen LogP contribution < -0.4 is 0 Å². The highest BCUT2D eigenvalue weighted by Crippen LogP contribution is 2.30. The lowest BCUT2D eigenvalue weighted by atomic mass is 10.4. The normalized spacial score (nSPS) is 11.5. The second kappa shape index (κ2) is 6.42. The van der Waals surface area contributed by atoms with Crippen LogP contribution in [-0.2, 0) is 14.3 Å². The molecule has 0 aliphatic rings. The summed E-state index contributed by atoms with van der Waals surface area (Å²) in [6, 6.07) is 0. The minimum atomic E-state index is -4.23. The SMILES string of the molecule is CCCCOS(=O)(=O)c1nc(Cl)c([N+](=O)[O-])c(Cl)n1. The van der Waals surface area contributed by atoms with Gasteiger partial charge in [-0.15, -0.1) is 0 Å². The van der Waals surface area contributed by atoms with Gasteiger partial charge in [0.2, 0.25) is 10.3 Å². The fourth-order valence-electron chi connectivity index (χ4n) is 1.01. The second-order valence-corrected chi connectivity index (χ2v) is 5.55. The smallest absolute Gasteiger partial charge is 0.264 e. The van der Waals surface area contributed by atoms with Crippen LogP contribution in [0, 0.1) is 10.1 Å². The zero-order chi connectivity index (χ0) is 14.6. The van der Waals surface area contributed by atoms with Gasteiger partial charge in [-0.2, -0.15) is 18.4 Å². The van der Waals surface area contributed by atoms with Crippen LogP contribution in [0.15, 0.2) is 5.16 Å². The Morgan fingerprint density at radius 1 is 1.32 bits per heavy atom. The van der Waals surface area contributed by atoms with Crippen LogP contribution in [0.25, 0.3) is 0 Å². The van der Waals surface area contributed by atoms with Crippen molar-refractivity contribution < 1.29 is 17.5 Å². The van der Waals surface area contributed by atoms with Crippen LogP contribution in [-0.4, -0.2) is 29.9 Å². The van der Waals surface area contributed by atoms with Gasteiger partial charge in [0.25, 0.3) is 5.16 Å². The highest BCUT2D eigenvalue weighted by atomic mass is 35.5. The van der Waals surface area contributed by atoms with Crippen molar-refractivity contribution >= 4 is 39.0 Å². The van der Waals surface area contributed by atoms with Crippen molar-refractivity contribution in [1.82, 2.24) is 9.97 Å². The molecule has 11 heteroatoms. The second-order valence-electron chi connectivity index (χ2n) is 3.32. The molecule has 0 atom stereocenters. The zero-order valence-corrected chi connectivity index (χ0v) is 12.0. The Kier molecular flexibility index (Phi) is 5.41.